The van der Waals surface area contributed by atoms with Gasteiger partial charge in [-0.3, -0.25) is 4.79 Å². The maximum Gasteiger partial charge on any atom is 0.417 e. The monoisotopic (exact) mass is 345 g/mol. The van der Waals surface area contributed by atoms with E-state index in [2.05, 4.69) is 9.97 Å². The fourth-order valence-corrected chi connectivity index (χ4v) is 2.40. The SMILES string of the molecule is CCSc1ncc(C(=O)c2cc(F)ccc2C(F)(F)F)c(N)n1. The standard InChI is InChI=1S/C14H11F4N3OS/c1-2-23-13-20-6-9(12(19)21-13)11(22)8-5-7(15)3-4-10(8)14(16,17)18/h3-6H,2H2,1H3,(H2,19,20,21). The largest absolute Gasteiger partial charge is 0.417 e. The van der Waals surface area contributed by atoms with Crippen LogP contribution in [0.1, 0.15) is 28.4 Å². The van der Waals surface area contributed by atoms with Crippen LogP contribution in [0.4, 0.5) is 23.4 Å². The number of thioether (sulfide) groups is 1. The summed E-state index contributed by atoms with van der Waals surface area (Å²) in [6.45, 7) is 1.85. The molecule has 0 spiro atoms. The molecule has 0 bridgehead atoms. The van der Waals surface area contributed by atoms with E-state index in [4.69, 9.17) is 5.73 Å². The summed E-state index contributed by atoms with van der Waals surface area (Å²) in [4.78, 5) is 20.0. The molecule has 0 radical (unpaired) electrons. The smallest absolute Gasteiger partial charge is 0.383 e. The van der Waals surface area contributed by atoms with Crippen LogP contribution in [0.15, 0.2) is 29.6 Å². The predicted octanol–water partition coefficient (Wildman–Crippen LogP) is 3.56. The lowest BCUT2D eigenvalue weighted by Crippen LogP contribution is -2.16. The Hall–Kier alpha value is -2.16. The number of anilines is 1. The zero-order chi connectivity index (χ0) is 17.2. The molecule has 4 nitrogen and oxygen atoms in total. The zero-order valence-corrected chi connectivity index (χ0v) is 12.6. The predicted molar refractivity (Wildman–Crippen MR) is 77.7 cm³/mol. The highest BCUT2D eigenvalue weighted by atomic mass is 32.2. The lowest BCUT2D eigenvalue weighted by Gasteiger charge is -2.13. The Morgan fingerprint density at radius 3 is 2.57 bits per heavy atom. The molecule has 0 aliphatic rings. The third-order valence-corrected chi connectivity index (χ3v) is 3.59. The highest BCUT2D eigenvalue weighted by molar-refractivity contribution is 7.99. The Balaban J connectivity index is 2.51. The van der Waals surface area contributed by atoms with Gasteiger partial charge in [0, 0.05) is 11.8 Å². The molecule has 2 N–H and O–H groups in total. The number of ketones is 1. The molecule has 2 rings (SSSR count). The van der Waals surface area contributed by atoms with E-state index >= 15 is 0 Å². The molecule has 1 aromatic heterocycles. The van der Waals surface area contributed by atoms with Crippen LogP contribution in [0.25, 0.3) is 0 Å². The second kappa shape index (κ2) is 6.53. The minimum atomic E-state index is -4.80. The number of rotatable bonds is 4. The fraction of sp³-hybridized carbons (Fsp3) is 0.214. The molecule has 2 aromatic rings. The van der Waals surface area contributed by atoms with Gasteiger partial charge in [-0.15, -0.1) is 0 Å². The highest BCUT2D eigenvalue weighted by Crippen LogP contribution is 2.33. The van der Waals surface area contributed by atoms with E-state index in [1.807, 2.05) is 6.92 Å². The number of aromatic nitrogens is 2. The number of hydrogen-bond acceptors (Lipinski definition) is 5. The highest BCUT2D eigenvalue weighted by Gasteiger charge is 2.36. The van der Waals surface area contributed by atoms with Crippen LogP contribution in [-0.4, -0.2) is 21.5 Å². The average molecular weight is 345 g/mol. The molecule has 0 saturated heterocycles. The van der Waals surface area contributed by atoms with Gasteiger partial charge in [-0.05, 0) is 24.0 Å². The van der Waals surface area contributed by atoms with Crippen molar-refractivity contribution < 1.29 is 22.4 Å². The van der Waals surface area contributed by atoms with Crippen LogP contribution in [0.2, 0.25) is 0 Å². The van der Waals surface area contributed by atoms with Crippen LogP contribution in [0.3, 0.4) is 0 Å². The number of halogens is 4. The number of carbonyl (C=O) groups excluding carboxylic acids is 1. The van der Waals surface area contributed by atoms with Crippen molar-refractivity contribution in [1.82, 2.24) is 9.97 Å². The molecule has 0 aliphatic carbocycles. The fourth-order valence-electron chi connectivity index (χ4n) is 1.85. The number of alkyl halides is 3. The van der Waals surface area contributed by atoms with Crippen LogP contribution in [0.5, 0.6) is 0 Å². The van der Waals surface area contributed by atoms with Crippen molar-refractivity contribution in [3.8, 4) is 0 Å². The van der Waals surface area contributed by atoms with Crippen molar-refractivity contribution >= 4 is 23.4 Å². The zero-order valence-electron chi connectivity index (χ0n) is 11.8. The van der Waals surface area contributed by atoms with Gasteiger partial charge in [0.1, 0.15) is 11.6 Å². The topological polar surface area (TPSA) is 68.9 Å². The van der Waals surface area contributed by atoms with Crippen molar-refractivity contribution in [2.45, 2.75) is 18.3 Å². The van der Waals surface area contributed by atoms with Gasteiger partial charge in [0.15, 0.2) is 10.9 Å². The lowest BCUT2D eigenvalue weighted by atomic mass is 9.99. The molecule has 9 heteroatoms. The first-order valence-electron chi connectivity index (χ1n) is 6.40. The number of nitrogen functional groups attached to an aromatic ring is 1. The van der Waals surface area contributed by atoms with E-state index < -0.39 is 28.9 Å². The average Bonchev–Trinajstić information content (AvgIpc) is 2.45. The van der Waals surface area contributed by atoms with Crippen molar-refractivity contribution in [1.29, 1.82) is 0 Å². The number of hydrogen-bond donors (Lipinski definition) is 1. The van der Waals surface area contributed by atoms with Crippen LogP contribution >= 0.6 is 11.8 Å². The Bertz CT molecular complexity index is 749. The van der Waals surface area contributed by atoms with Gasteiger partial charge in [0.25, 0.3) is 0 Å². The molecular weight excluding hydrogens is 334 g/mol. The first kappa shape index (κ1) is 17.2. The van der Waals surface area contributed by atoms with Crippen molar-refractivity contribution in [3.05, 3.63) is 46.9 Å². The molecule has 23 heavy (non-hydrogen) atoms. The Morgan fingerprint density at radius 1 is 1.30 bits per heavy atom. The summed E-state index contributed by atoms with van der Waals surface area (Å²) in [7, 11) is 0. The minimum absolute atomic E-state index is 0.252. The van der Waals surface area contributed by atoms with Crippen molar-refractivity contribution in [2.75, 3.05) is 11.5 Å². The van der Waals surface area contributed by atoms with Gasteiger partial charge in [-0.2, -0.15) is 13.2 Å². The summed E-state index contributed by atoms with van der Waals surface area (Å²) < 4.78 is 52.2. The Kier molecular flexibility index (Phi) is 4.88. The van der Waals surface area contributed by atoms with Crippen LogP contribution in [0, 0.1) is 5.82 Å². The summed E-state index contributed by atoms with van der Waals surface area (Å²) in [5.74, 6) is -1.63. The summed E-state index contributed by atoms with van der Waals surface area (Å²) >= 11 is 1.26. The number of benzene rings is 1. The van der Waals surface area contributed by atoms with Gasteiger partial charge in [0.05, 0.1) is 11.1 Å². The Labute approximate surface area is 133 Å². The van der Waals surface area contributed by atoms with Crippen LogP contribution < -0.4 is 5.73 Å². The van der Waals surface area contributed by atoms with E-state index in [1.165, 1.54) is 11.8 Å². The Morgan fingerprint density at radius 2 is 2.00 bits per heavy atom. The number of nitrogens with zero attached hydrogens (tertiary/aromatic N) is 2. The molecule has 0 aliphatic heterocycles. The molecule has 1 heterocycles. The molecule has 1 aromatic carbocycles. The van der Waals surface area contributed by atoms with Crippen molar-refractivity contribution in [3.63, 3.8) is 0 Å². The van der Waals surface area contributed by atoms with E-state index in [9.17, 15) is 22.4 Å². The molecule has 0 fully saturated rings. The maximum atomic E-state index is 13.3. The first-order valence-corrected chi connectivity index (χ1v) is 7.39. The lowest BCUT2D eigenvalue weighted by molar-refractivity contribution is -0.137. The third kappa shape index (κ3) is 3.79. The first-order chi connectivity index (χ1) is 10.7. The van der Waals surface area contributed by atoms with E-state index in [1.54, 1.807) is 0 Å². The number of nitrogens with two attached hydrogens (primary N) is 1. The van der Waals surface area contributed by atoms with Crippen LogP contribution in [-0.2, 0) is 6.18 Å². The molecule has 0 unspecified atom stereocenters. The van der Waals surface area contributed by atoms with E-state index in [0.29, 0.717) is 29.1 Å². The van der Waals surface area contributed by atoms with Gasteiger partial charge in [0.2, 0.25) is 0 Å². The van der Waals surface area contributed by atoms with E-state index in [-0.39, 0.29) is 11.4 Å². The van der Waals surface area contributed by atoms with Gasteiger partial charge in [-0.25, -0.2) is 14.4 Å². The normalized spacial score (nSPS) is 11.5. The second-order valence-corrected chi connectivity index (χ2v) is 5.63. The summed E-state index contributed by atoms with van der Waals surface area (Å²) in [5.41, 5.74) is 3.25. The second-order valence-electron chi connectivity index (χ2n) is 4.40. The molecule has 122 valence electrons. The summed E-state index contributed by atoms with van der Waals surface area (Å²) in [6, 6.07) is 1.68. The summed E-state index contributed by atoms with van der Waals surface area (Å²) in [6.07, 6.45) is -3.75. The molecular formula is C14H11F4N3OS. The van der Waals surface area contributed by atoms with Crippen molar-refractivity contribution in [2.24, 2.45) is 0 Å². The third-order valence-electron chi connectivity index (χ3n) is 2.85. The number of carbonyl (C=O) groups is 1. The quantitative estimate of drug-likeness (QED) is 0.397. The molecule has 0 amide bonds. The van der Waals surface area contributed by atoms with Gasteiger partial charge in [-0.1, -0.05) is 18.7 Å². The maximum absolute atomic E-state index is 13.3. The minimum Gasteiger partial charge on any atom is -0.383 e. The molecule has 0 atom stereocenters. The van der Waals surface area contributed by atoms with Gasteiger partial charge < -0.3 is 5.73 Å². The van der Waals surface area contributed by atoms with E-state index in [0.717, 1.165) is 6.20 Å². The molecule has 0 saturated carbocycles. The summed E-state index contributed by atoms with van der Waals surface area (Å²) in [5, 5.41) is 0.303. The van der Waals surface area contributed by atoms with Gasteiger partial charge >= 0.3 is 6.18 Å².